The fourth-order valence-electron chi connectivity index (χ4n) is 1.59. The molecule has 6 heteroatoms. The predicted molar refractivity (Wildman–Crippen MR) is 71.5 cm³/mol. The van der Waals surface area contributed by atoms with Gasteiger partial charge >= 0.3 is 0 Å². The Morgan fingerprint density at radius 3 is 2.84 bits per heavy atom. The highest BCUT2D eigenvalue weighted by Crippen LogP contribution is 2.27. The highest BCUT2D eigenvalue weighted by molar-refractivity contribution is 6.33. The lowest BCUT2D eigenvalue weighted by molar-refractivity contribution is 0.484. The van der Waals surface area contributed by atoms with E-state index in [9.17, 15) is 4.39 Å². The zero-order valence-corrected chi connectivity index (χ0v) is 11.5. The maximum Gasteiger partial charge on any atom is 0.249 e. The number of hydrogen-bond donors (Lipinski definition) is 1. The summed E-state index contributed by atoms with van der Waals surface area (Å²) >= 11 is 5.94. The van der Waals surface area contributed by atoms with Crippen LogP contribution in [0.3, 0.4) is 0 Å². The smallest absolute Gasteiger partial charge is 0.249 e. The fraction of sp³-hybridized carbons (Fsp3) is 0.385. The van der Waals surface area contributed by atoms with Gasteiger partial charge in [-0.15, -0.1) is 10.2 Å². The maximum atomic E-state index is 13.0. The van der Waals surface area contributed by atoms with E-state index in [2.05, 4.69) is 29.4 Å². The first-order chi connectivity index (χ1) is 9.06. The molecule has 0 atom stereocenters. The Labute approximate surface area is 116 Å². The number of aromatic nitrogens is 2. The zero-order valence-electron chi connectivity index (χ0n) is 10.8. The van der Waals surface area contributed by atoms with Crippen LogP contribution in [-0.4, -0.2) is 22.8 Å². The summed E-state index contributed by atoms with van der Waals surface area (Å²) in [4.78, 5) is 0. The molecule has 0 aliphatic carbocycles. The normalized spacial score (nSPS) is 11.2. The Morgan fingerprint density at radius 1 is 1.37 bits per heavy atom. The lowest BCUT2D eigenvalue weighted by Gasteiger charge is -2.04. The summed E-state index contributed by atoms with van der Waals surface area (Å²) in [5.74, 6) is 0.447. The molecule has 4 nitrogen and oxygen atoms in total. The summed E-state index contributed by atoms with van der Waals surface area (Å²) in [6, 6.07) is 4.47. The molecule has 1 N–H and O–H groups in total. The third-order valence-electron chi connectivity index (χ3n) is 2.52. The lowest BCUT2D eigenvalue weighted by Crippen LogP contribution is -2.25. The first kappa shape index (κ1) is 14.0. The van der Waals surface area contributed by atoms with E-state index < -0.39 is 5.82 Å². The molecule has 102 valence electrons. The van der Waals surface area contributed by atoms with Crippen LogP contribution in [0.4, 0.5) is 4.39 Å². The van der Waals surface area contributed by atoms with Crippen molar-refractivity contribution < 1.29 is 8.81 Å². The summed E-state index contributed by atoms with van der Waals surface area (Å²) < 4.78 is 18.5. The van der Waals surface area contributed by atoms with Gasteiger partial charge in [0.2, 0.25) is 11.8 Å². The number of hydrogen-bond acceptors (Lipinski definition) is 4. The highest BCUT2D eigenvalue weighted by Gasteiger charge is 2.12. The average molecular weight is 284 g/mol. The average Bonchev–Trinajstić information content (AvgIpc) is 2.77. The zero-order chi connectivity index (χ0) is 13.8. The van der Waals surface area contributed by atoms with Crippen molar-refractivity contribution in [2.45, 2.75) is 26.3 Å². The van der Waals surface area contributed by atoms with E-state index in [4.69, 9.17) is 16.0 Å². The van der Waals surface area contributed by atoms with Crippen molar-refractivity contribution >= 4 is 11.6 Å². The highest BCUT2D eigenvalue weighted by atomic mass is 35.5. The number of nitrogens with one attached hydrogen (secondary N) is 1. The molecule has 0 fully saturated rings. The molecule has 0 radical (unpaired) electrons. The molecule has 2 aromatic rings. The molecular weight excluding hydrogens is 269 g/mol. The van der Waals surface area contributed by atoms with E-state index in [-0.39, 0.29) is 5.02 Å². The van der Waals surface area contributed by atoms with E-state index in [0.29, 0.717) is 29.8 Å². The molecule has 2 rings (SSSR count). The molecule has 0 saturated heterocycles. The van der Waals surface area contributed by atoms with Gasteiger partial charge in [-0.2, -0.15) is 0 Å². The second-order valence-electron chi connectivity index (χ2n) is 4.48. The van der Waals surface area contributed by atoms with Gasteiger partial charge in [-0.3, -0.25) is 0 Å². The van der Waals surface area contributed by atoms with E-state index in [1.165, 1.54) is 18.2 Å². The van der Waals surface area contributed by atoms with Crippen LogP contribution in [0.2, 0.25) is 5.02 Å². The minimum atomic E-state index is -0.394. The fourth-order valence-corrected chi connectivity index (χ4v) is 1.84. The number of rotatable bonds is 5. The van der Waals surface area contributed by atoms with Crippen LogP contribution in [0.25, 0.3) is 11.5 Å². The molecule has 1 aromatic carbocycles. The van der Waals surface area contributed by atoms with Gasteiger partial charge in [0.25, 0.3) is 0 Å². The second-order valence-corrected chi connectivity index (χ2v) is 4.89. The van der Waals surface area contributed by atoms with Gasteiger partial charge in [0.15, 0.2) is 0 Å². The summed E-state index contributed by atoms with van der Waals surface area (Å²) in [5.41, 5.74) is 0.540. The van der Waals surface area contributed by atoms with Gasteiger partial charge in [0.05, 0.1) is 10.6 Å². The standard InChI is InChI=1S/C13H15ClFN3O/c1-8(2)16-6-5-12-17-18-13(19-12)10-4-3-9(15)7-11(10)14/h3-4,7-8,16H,5-6H2,1-2H3. The van der Waals surface area contributed by atoms with E-state index in [0.717, 1.165) is 6.54 Å². The van der Waals surface area contributed by atoms with Crippen molar-refractivity contribution in [1.82, 2.24) is 15.5 Å². The molecule has 0 unspecified atom stereocenters. The number of nitrogens with zero attached hydrogens (tertiary/aromatic N) is 2. The first-order valence-electron chi connectivity index (χ1n) is 6.07. The molecule has 0 amide bonds. The second kappa shape index (κ2) is 6.12. The predicted octanol–water partition coefficient (Wildman–Crippen LogP) is 3.07. The van der Waals surface area contributed by atoms with Crippen molar-refractivity contribution in [2.75, 3.05) is 6.54 Å². The number of benzene rings is 1. The topological polar surface area (TPSA) is 51.0 Å². The quantitative estimate of drug-likeness (QED) is 0.916. The SMILES string of the molecule is CC(C)NCCc1nnc(-c2ccc(F)cc2Cl)o1. The van der Waals surface area contributed by atoms with Crippen LogP contribution >= 0.6 is 11.6 Å². The largest absolute Gasteiger partial charge is 0.421 e. The minimum absolute atomic E-state index is 0.260. The molecule has 0 spiro atoms. The van der Waals surface area contributed by atoms with E-state index in [1.807, 2.05) is 0 Å². The molecule has 0 bridgehead atoms. The van der Waals surface area contributed by atoms with Gasteiger partial charge in [-0.25, -0.2) is 4.39 Å². The minimum Gasteiger partial charge on any atom is -0.421 e. The van der Waals surface area contributed by atoms with Crippen molar-refractivity contribution in [2.24, 2.45) is 0 Å². The molecule has 1 heterocycles. The van der Waals surface area contributed by atoms with Gasteiger partial charge in [-0.05, 0) is 18.2 Å². The van der Waals surface area contributed by atoms with Crippen LogP contribution < -0.4 is 5.32 Å². The molecular formula is C13H15ClFN3O. The molecule has 0 aliphatic heterocycles. The first-order valence-corrected chi connectivity index (χ1v) is 6.45. The summed E-state index contributed by atoms with van der Waals surface area (Å²) in [6.45, 7) is 4.89. The Hall–Kier alpha value is -1.46. The number of halogens is 2. The molecule has 19 heavy (non-hydrogen) atoms. The van der Waals surface area contributed by atoms with Crippen molar-refractivity contribution in [1.29, 1.82) is 0 Å². The Balaban J connectivity index is 2.08. The van der Waals surface area contributed by atoms with Gasteiger partial charge in [0.1, 0.15) is 5.82 Å². The summed E-state index contributed by atoms with van der Waals surface area (Å²) in [5, 5.41) is 11.4. The lowest BCUT2D eigenvalue weighted by atomic mass is 10.2. The Kier molecular flexibility index (Phi) is 4.50. The van der Waals surface area contributed by atoms with Crippen molar-refractivity contribution in [3.8, 4) is 11.5 Å². The van der Waals surface area contributed by atoms with Gasteiger partial charge < -0.3 is 9.73 Å². The Bertz CT molecular complexity index is 557. The third-order valence-corrected chi connectivity index (χ3v) is 2.83. The van der Waals surface area contributed by atoms with Crippen LogP contribution in [0.1, 0.15) is 19.7 Å². The van der Waals surface area contributed by atoms with E-state index in [1.54, 1.807) is 0 Å². The summed E-state index contributed by atoms with van der Waals surface area (Å²) in [6.07, 6.45) is 0.643. The monoisotopic (exact) mass is 283 g/mol. The van der Waals surface area contributed by atoms with Crippen LogP contribution in [-0.2, 0) is 6.42 Å². The van der Waals surface area contributed by atoms with Crippen LogP contribution in [0, 0.1) is 5.82 Å². The van der Waals surface area contributed by atoms with Gasteiger partial charge in [0, 0.05) is 19.0 Å². The molecule has 0 saturated carbocycles. The van der Waals surface area contributed by atoms with Gasteiger partial charge in [-0.1, -0.05) is 25.4 Å². The van der Waals surface area contributed by atoms with Crippen molar-refractivity contribution in [3.05, 3.63) is 34.9 Å². The van der Waals surface area contributed by atoms with E-state index >= 15 is 0 Å². The Morgan fingerprint density at radius 2 is 2.16 bits per heavy atom. The van der Waals surface area contributed by atoms with Crippen LogP contribution in [0.15, 0.2) is 22.6 Å². The molecule has 1 aromatic heterocycles. The third kappa shape index (κ3) is 3.75. The van der Waals surface area contributed by atoms with Crippen LogP contribution in [0.5, 0.6) is 0 Å². The summed E-state index contributed by atoms with van der Waals surface area (Å²) in [7, 11) is 0. The maximum absolute atomic E-state index is 13.0. The van der Waals surface area contributed by atoms with Crippen molar-refractivity contribution in [3.63, 3.8) is 0 Å². The molecule has 0 aliphatic rings.